The Bertz CT molecular complexity index is 1190. The third-order valence-corrected chi connectivity index (χ3v) is 4.66. The summed E-state index contributed by atoms with van der Waals surface area (Å²) in [5.74, 6) is -3.38. The third kappa shape index (κ3) is 4.45. The molecule has 0 saturated heterocycles. The number of carbonyl (C=O) groups is 1. The molecule has 0 aliphatic carbocycles. The van der Waals surface area contributed by atoms with Crippen LogP contribution in [-0.2, 0) is 11.0 Å². The smallest absolute Gasteiger partial charge is 0.317 e. The van der Waals surface area contributed by atoms with Gasteiger partial charge in [-0.25, -0.2) is 13.8 Å². The summed E-state index contributed by atoms with van der Waals surface area (Å²) in [6.45, 7) is 3.33. The van der Waals surface area contributed by atoms with E-state index < -0.39 is 51.9 Å². The van der Waals surface area contributed by atoms with E-state index in [0.717, 1.165) is 18.2 Å². The van der Waals surface area contributed by atoms with Crippen molar-refractivity contribution in [1.29, 1.82) is 0 Å². The van der Waals surface area contributed by atoms with Gasteiger partial charge in [-0.3, -0.25) is 25.8 Å². The van der Waals surface area contributed by atoms with Crippen LogP contribution in [0.2, 0.25) is 0 Å². The molecule has 1 atom stereocenters. The van der Waals surface area contributed by atoms with Gasteiger partial charge in [0.1, 0.15) is 11.7 Å². The molecule has 2 N–H and O–H groups in total. The minimum Gasteiger partial charge on any atom is -0.317 e. The van der Waals surface area contributed by atoms with Crippen LogP contribution in [0.3, 0.4) is 0 Å². The van der Waals surface area contributed by atoms with Crippen molar-refractivity contribution >= 4 is 28.3 Å². The van der Waals surface area contributed by atoms with Gasteiger partial charge in [0, 0.05) is 18.2 Å². The number of hydrogen-bond acceptors (Lipinski definition) is 5. The van der Waals surface area contributed by atoms with E-state index in [-0.39, 0.29) is 16.7 Å². The van der Waals surface area contributed by atoms with E-state index in [0.29, 0.717) is 12.1 Å². The normalized spacial score (nSPS) is 12.8. The van der Waals surface area contributed by atoms with Crippen molar-refractivity contribution in [2.75, 3.05) is 5.43 Å². The van der Waals surface area contributed by atoms with Crippen molar-refractivity contribution < 1.29 is 31.7 Å². The number of nitro benzene ring substituents is 1. The van der Waals surface area contributed by atoms with E-state index >= 15 is 0 Å². The molecular formula is C19H16F5N5O3. The summed E-state index contributed by atoms with van der Waals surface area (Å²) in [6.07, 6.45) is -3.57. The molecular weight excluding hydrogens is 441 g/mol. The molecule has 13 heteroatoms. The van der Waals surface area contributed by atoms with Crippen molar-refractivity contribution in [3.63, 3.8) is 0 Å². The number of fused-ring (bicyclic) bond motifs is 1. The lowest BCUT2D eigenvalue weighted by atomic mass is 10.0. The van der Waals surface area contributed by atoms with Crippen LogP contribution in [0, 0.1) is 27.7 Å². The number of nitrogens with one attached hydrogen (secondary N) is 2. The fourth-order valence-corrected chi connectivity index (χ4v) is 3.16. The Kier molecular flexibility index (Phi) is 6.01. The van der Waals surface area contributed by atoms with Gasteiger partial charge in [0.15, 0.2) is 11.6 Å². The lowest BCUT2D eigenvalue weighted by molar-refractivity contribution is -0.384. The average molecular weight is 457 g/mol. The summed E-state index contributed by atoms with van der Waals surface area (Å²) in [5.41, 5.74) is 2.24. The molecule has 170 valence electrons. The second kappa shape index (κ2) is 8.40. The van der Waals surface area contributed by atoms with Gasteiger partial charge < -0.3 is 4.57 Å². The van der Waals surface area contributed by atoms with Crippen LogP contribution in [0.1, 0.15) is 25.5 Å². The highest BCUT2D eigenvalue weighted by Gasteiger charge is 2.33. The number of carbonyl (C=O) groups excluding carboxylic acids is 1. The van der Waals surface area contributed by atoms with Gasteiger partial charge >= 0.3 is 6.18 Å². The highest BCUT2D eigenvalue weighted by Crippen LogP contribution is 2.35. The average Bonchev–Trinajstić information content (AvgIpc) is 3.07. The molecule has 0 bridgehead atoms. The van der Waals surface area contributed by atoms with Gasteiger partial charge in [0.25, 0.3) is 11.6 Å². The molecule has 1 amide bonds. The van der Waals surface area contributed by atoms with Crippen LogP contribution in [0.4, 0.5) is 33.3 Å². The van der Waals surface area contributed by atoms with Gasteiger partial charge in [-0.2, -0.15) is 13.2 Å². The first-order valence-electron chi connectivity index (χ1n) is 9.13. The summed E-state index contributed by atoms with van der Waals surface area (Å²) >= 11 is 0. The fourth-order valence-electron chi connectivity index (χ4n) is 3.16. The number of rotatable bonds is 6. The van der Waals surface area contributed by atoms with Crippen LogP contribution in [-0.4, -0.2) is 20.4 Å². The number of hydrogen-bond donors (Lipinski definition) is 2. The van der Waals surface area contributed by atoms with E-state index in [4.69, 9.17) is 0 Å². The summed E-state index contributed by atoms with van der Waals surface area (Å²) in [5, 5.41) is 11.2. The summed E-state index contributed by atoms with van der Waals surface area (Å²) < 4.78 is 67.0. The zero-order valence-corrected chi connectivity index (χ0v) is 16.6. The number of aromatic nitrogens is 2. The Morgan fingerprint density at radius 1 is 1.16 bits per heavy atom. The quantitative estimate of drug-likeness (QED) is 0.321. The lowest BCUT2D eigenvalue weighted by Crippen LogP contribution is -2.38. The second-order valence-electron chi connectivity index (χ2n) is 7.20. The molecule has 8 nitrogen and oxygen atoms in total. The standard InChI is InChI=1S/C19H16F5N5O3/c1-9(2)17(28-8-25-14-6-11(20)12(21)7-15(14)28)18(30)27-26-13-4-3-10(19(22,23)24)5-16(13)29(31)32/h3-9,17,26H,1-2H3,(H,27,30). The first-order chi connectivity index (χ1) is 14.9. The van der Waals surface area contributed by atoms with Crippen LogP contribution in [0.15, 0.2) is 36.7 Å². The van der Waals surface area contributed by atoms with Crippen molar-refractivity contribution in [2.24, 2.45) is 5.92 Å². The monoisotopic (exact) mass is 457 g/mol. The molecule has 3 aromatic rings. The molecule has 0 saturated carbocycles. The Morgan fingerprint density at radius 3 is 2.41 bits per heavy atom. The summed E-state index contributed by atoms with van der Waals surface area (Å²) in [7, 11) is 0. The molecule has 32 heavy (non-hydrogen) atoms. The Morgan fingerprint density at radius 2 is 1.81 bits per heavy atom. The molecule has 0 aliphatic heterocycles. The molecule has 0 radical (unpaired) electrons. The summed E-state index contributed by atoms with van der Waals surface area (Å²) in [4.78, 5) is 26.9. The van der Waals surface area contributed by atoms with Crippen molar-refractivity contribution in [3.8, 4) is 0 Å². The number of nitrogens with zero attached hydrogens (tertiary/aromatic N) is 3. The van der Waals surface area contributed by atoms with Crippen LogP contribution in [0.25, 0.3) is 11.0 Å². The largest absolute Gasteiger partial charge is 0.416 e. The number of hydrazine groups is 1. The topological polar surface area (TPSA) is 102 Å². The number of halogens is 5. The molecule has 0 spiro atoms. The van der Waals surface area contributed by atoms with Gasteiger partial charge in [-0.1, -0.05) is 13.8 Å². The van der Waals surface area contributed by atoms with Crippen molar-refractivity contribution in [3.05, 3.63) is 64.0 Å². The maximum absolute atomic E-state index is 13.7. The van der Waals surface area contributed by atoms with E-state index in [1.807, 2.05) is 0 Å². The van der Waals surface area contributed by atoms with Crippen molar-refractivity contribution in [1.82, 2.24) is 15.0 Å². The minimum atomic E-state index is -4.79. The zero-order valence-electron chi connectivity index (χ0n) is 16.6. The highest BCUT2D eigenvalue weighted by molar-refractivity contribution is 5.85. The van der Waals surface area contributed by atoms with Gasteiger partial charge in [0.05, 0.1) is 27.8 Å². The van der Waals surface area contributed by atoms with Crippen molar-refractivity contribution in [2.45, 2.75) is 26.1 Å². The fraction of sp³-hybridized carbons (Fsp3) is 0.263. The molecule has 2 aromatic carbocycles. The first kappa shape index (κ1) is 22.9. The van der Waals surface area contributed by atoms with E-state index in [1.165, 1.54) is 10.9 Å². The lowest BCUT2D eigenvalue weighted by Gasteiger charge is -2.23. The van der Waals surface area contributed by atoms with E-state index in [2.05, 4.69) is 15.8 Å². The maximum atomic E-state index is 13.7. The van der Waals surface area contributed by atoms with E-state index in [9.17, 15) is 36.9 Å². The molecule has 1 unspecified atom stereocenters. The van der Waals surface area contributed by atoms with Gasteiger partial charge in [-0.15, -0.1) is 0 Å². The molecule has 3 rings (SSSR count). The predicted molar refractivity (Wildman–Crippen MR) is 103 cm³/mol. The molecule has 0 aliphatic rings. The Labute approximate surface area is 177 Å². The van der Waals surface area contributed by atoms with Crippen LogP contribution >= 0.6 is 0 Å². The predicted octanol–water partition coefficient (Wildman–Crippen LogP) is 4.58. The molecule has 1 aromatic heterocycles. The number of nitro groups is 1. The highest BCUT2D eigenvalue weighted by atomic mass is 19.4. The second-order valence-corrected chi connectivity index (χ2v) is 7.20. The number of alkyl halides is 3. The number of imidazole rings is 1. The van der Waals surface area contributed by atoms with Gasteiger partial charge in [0.2, 0.25) is 0 Å². The number of benzene rings is 2. The maximum Gasteiger partial charge on any atom is 0.416 e. The first-order valence-corrected chi connectivity index (χ1v) is 9.13. The van der Waals surface area contributed by atoms with E-state index in [1.54, 1.807) is 13.8 Å². The number of anilines is 1. The third-order valence-electron chi connectivity index (χ3n) is 4.66. The zero-order chi connectivity index (χ0) is 23.8. The molecule has 1 heterocycles. The minimum absolute atomic E-state index is 0.105. The summed E-state index contributed by atoms with van der Waals surface area (Å²) in [6, 6.07) is 2.54. The Balaban J connectivity index is 1.89. The van der Waals surface area contributed by atoms with Crippen LogP contribution in [0.5, 0.6) is 0 Å². The van der Waals surface area contributed by atoms with Crippen LogP contribution < -0.4 is 10.9 Å². The SMILES string of the molecule is CC(C)C(C(=O)NNc1ccc(C(F)(F)F)cc1[N+](=O)[O-])n1cnc2cc(F)c(F)cc21. The molecule has 0 fully saturated rings. The number of amides is 1. The van der Waals surface area contributed by atoms with Gasteiger partial charge in [-0.05, 0) is 18.1 Å². The Hall–Kier alpha value is -3.77.